The molecule has 0 saturated heterocycles. The number of aryl methyl sites for hydroxylation is 1. The van der Waals surface area contributed by atoms with Crippen molar-refractivity contribution in [3.05, 3.63) is 41.6 Å². The van der Waals surface area contributed by atoms with Crippen molar-refractivity contribution in [3.63, 3.8) is 0 Å². The summed E-state index contributed by atoms with van der Waals surface area (Å²) < 4.78 is 0. The Hall–Kier alpha value is -2.43. The minimum absolute atomic E-state index is 0.0220. The first-order valence-corrected chi connectivity index (χ1v) is 7.18. The standard InChI is InChI=1S/C17H20N2O3/c1-11-4-5-12-10-13(6-7-14(12)18-11)16(22)19-17(2,3)9-8-15(20)21/h4-7,10H,8-9H2,1-3H3,(H,19,22)(H,20,21). The maximum absolute atomic E-state index is 12.3. The molecule has 116 valence electrons. The van der Waals surface area contributed by atoms with Crippen molar-refractivity contribution in [1.82, 2.24) is 10.3 Å². The Balaban J connectivity index is 2.15. The molecule has 0 fully saturated rings. The third-order valence-electron chi connectivity index (χ3n) is 3.51. The van der Waals surface area contributed by atoms with Gasteiger partial charge in [0, 0.05) is 28.6 Å². The summed E-state index contributed by atoms with van der Waals surface area (Å²) in [6, 6.07) is 9.19. The van der Waals surface area contributed by atoms with Crippen LogP contribution in [-0.4, -0.2) is 27.5 Å². The number of pyridine rings is 1. The molecular formula is C17H20N2O3. The van der Waals surface area contributed by atoms with Crippen molar-refractivity contribution in [2.75, 3.05) is 0 Å². The Kier molecular flexibility index (Phi) is 4.45. The fourth-order valence-corrected chi connectivity index (χ4v) is 2.23. The van der Waals surface area contributed by atoms with Crippen LogP contribution < -0.4 is 5.32 Å². The fourth-order valence-electron chi connectivity index (χ4n) is 2.23. The number of aliphatic carboxylic acids is 1. The maximum Gasteiger partial charge on any atom is 0.303 e. The Morgan fingerprint density at radius 1 is 1.23 bits per heavy atom. The molecule has 0 unspecified atom stereocenters. The minimum Gasteiger partial charge on any atom is -0.481 e. The van der Waals surface area contributed by atoms with E-state index in [-0.39, 0.29) is 12.3 Å². The van der Waals surface area contributed by atoms with Gasteiger partial charge in [-0.25, -0.2) is 0 Å². The molecule has 1 aromatic heterocycles. The molecular weight excluding hydrogens is 280 g/mol. The average Bonchev–Trinajstić information content (AvgIpc) is 2.44. The number of carbonyl (C=O) groups is 2. The molecule has 0 spiro atoms. The highest BCUT2D eigenvalue weighted by molar-refractivity contribution is 5.98. The van der Waals surface area contributed by atoms with Crippen LogP contribution in [0, 0.1) is 6.92 Å². The van der Waals surface area contributed by atoms with E-state index in [4.69, 9.17) is 5.11 Å². The highest BCUT2D eigenvalue weighted by atomic mass is 16.4. The number of nitrogens with zero attached hydrogens (tertiary/aromatic N) is 1. The van der Waals surface area contributed by atoms with Crippen LogP contribution in [0.2, 0.25) is 0 Å². The van der Waals surface area contributed by atoms with Crippen LogP contribution in [0.15, 0.2) is 30.3 Å². The molecule has 0 radical (unpaired) electrons. The zero-order valence-corrected chi connectivity index (χ0v) is 13.0. The maximum atomic E-state index is 12.3. The molecule has 1 heterocycles. The van der Waals surface area contributed by atoms with Gasteiger partial charge in [0.15, 0.2) is 0 Å². The van der Waals surface area contributed by atoms with E-state index in [1.807, 2.05) is 39.0 Å². The van der Waals surface area contributed by atoms with Gasteiger partial charge in [0.1, 0.15) is 0 Å². The van der Waals surface area contributed by atoms with Crippen LogP contribution in [-0.2, 0) is 4.79 Å². The van der Waals surface area contributed by atoms with E-state index in [0.717, 1.165) is 16.6 Å². The smallest absolute Gasteiger partial charge is 0.303 e. The lowest BCUT2D eigenvalue weighted by Crippen LogP contribution is -2.43. The largest absolute Gasteiger partial charge is 0.481 e. The Labute approximate surface area is 129 Å². The van der Waals surface area contributed by atoms with Gasteiger partial charge in [0.2, 0.25) is 0 Å². The van der Waals surface area contributed by atoms with Crippen LogP contribution in [0.25, 0.3) is 10.9 Å². The number of carbonyl (C=O) groups excluding carboxylic acids is 1. The van der Waals surface area contributed by atoms with E-state index >= 15 is 0 Å². The van der Waals surface area contributed by atoms with Gasteiger partial charge in [0.05, 0.1) is 5.52 Å². The van der Waals surface area contributed by atoms with Gasteiger partial charge in [-0.15, -0.1) is 0 Å². The number of rotatable bonds is 5. The quantitative estimate of drug-likeness (QED) is 0.890. The fraction of sp³-hybridized carbons (Fsp3) is 0.353. The van der Waals surface area contributed by atoms with Gasteiger partial charge in [0.25, 0.3) is 5.91 Å². The van der Waals surface area contributed by atoms with Gasteiger partial charge in [-0.05, 0) is 51.5 Å². The highest BCUT2D eigenvalue weighted by Crippen LogP contribution is 2.17. The number of hydrogen-bond acceptors (Lipinski definition) is 3. The molecule has 0 aliphatic rings. The lowest BCUT2D eigenvalue weighted by Gasteiger charge is -2.25. The van der Waals surface area contributed by atoms with Crippen molar-refractivity contribution in [1.29, 1.82) is 0 Å². The monoisotopic (exact) mass is 300 g/mol. The van der Waals surface area contributed by atoms with Gasteiger partial charge in [-0.3, -0.25) is 14.6 Å². The van der Waals surface area contributed by atoms with Gasteiger partial charge in [-0.1, -0.05) is 6.07 Å². The molecule has 0 aliphatic heterocycles. The summed E-state index contributed by atoms with van der Waals surface area (Å²) in [6.07, 6.45) is 0.399. The number of carboxylic acid groups (broad SMARTS) is 1. The second-order valence-corrected chi connectivity index (χ2v) is 6.09. The Bertz CT molecular complexity index is 723. The normalized spacial score (nSPS) is 11.4. The molecule has 0 bridgehead atoms. The molecule has 0 aliphatic carbocycles. The first-order chi connectivity index (χ1) is 10.3. The second kappa shape index (κ2) is 6.13. The number of carboxylic acids is 1. The molecule has 1 amide bonds. The van der Waals surface area contributed by atoms with Crippen molar-refractivity contribution >= 4 is 22.8 Å². The third-order valence-corrected chi connectivity index (χ3v) is 3.51. The number of nitrogens with one attached hydrogen (secondary N) is 1. The zero-order valence-electron chi connectivity index (χ0n) is 13.0. The lowest BCUT2D eigenvalue weighted by atomic mass is 9.97. The van der Waals surface area contributed by atoms with E-state index in [1.165, 1.54) is 0 Å². The van der Waals surface area contributed by atoms with Crippen LogP contribution in [0.1, 0.15) is 42.7 Å². The number of aromatic nitrogens is 1. The predicted octanol–water partition coefficient (Wildman–Crippen LogP) is 2.92. The molecule has 0 saturated carbocycles. The topological polar surface area (TPSA) is 79.3 Å². The van der Waals surface area contributed by atoms with Crippen LogP contribution >= 0.6 is 0 Å². The summed E-state index contributed by atoms with van der Waals surface area (Å²) in [7, 11) is 0. The SMILES string of the molecule is Cc1ccc2cc(C(=O)NC(C)(C)CCC(=O)O)ccc2n1. The Morgan fingerprint density at radius 3 is 2.64 bits per heavy atom. The molecule has 22 heavy (non-hydrogen) atoms. The highest BCUT2D eigenvalue weighted by Gasteiger charge is 2.22. The summed E-state index contributed by atoms with van der Waals surface area (Å²) in [5.74, 6) is -1.08. The van der Waals surface area contributed by atoms with Crippen molar-refractivity contribution < 1.29 is 14.7 Å². The van der Waals surface area contributed by atoms with Gasteiger partial charge < -0.3 is 10.4 Å². The first kappa shape index (κ1) is 15.9. The van der Waals surface area contributed by atoms with Crippen molar-refractivity contribution in [3.8, 4) is 0 Å². The molecule has 5 heteroatoms. The van der Waals surface area contributed by atoms with E-state index in [1.54, 1.807) is 12.1 Å². The van der Waals surface area contributed by atoms with Crippen LogP contribution in [0.5, 0.6) is 0 Å². The number of amides is 1. The second-order valence-electron chi connectivity index (χ2n) is 6.09. The molecule has 1 aromatic carbocycles. The number of hydrogen-bond donors (Lipinski definition) is 2. The molecule has 2 N–H and O–H groups in total. The summed E-state index contributed by atoms with van der Waals surface area (Å²) in [6.45, 7) is 5.56. The van der Waals surface area contributed by atoms with E-state index in [9.17, 15) is 9.59 Å². The zero-order chi connectivity index (χ0) is 16.3. The number of benzene rings is 1. The third kappa shape index (κ3) is 4.04. The summed E-state index contributed by atoms with van der Waals surface area (Å²) in [5, 5.41) is 12.5. The molecule has 2 aromatic rings. The van der Waals surface area contributed by atoms with Crippen molar-refractivity contribution in [2.24, 2.45) is 0 Å². The first-order valence-electron chi connectivity index (χ1n) is 7.18. The van der Waals surface area contributed by atoms with Crippen LogP contribution in [0.3, 0.4) is 0 Å². The molecule has 0 atom stereocenters. The van der Waals surface area contributed by atoms with Crippen molar-refractivity contribution in [2.45, 2.75) is 39.2 Å². The lowest BCUT2D eigenvalue weighted by molar-refractivity contribution is -0.137. The van der Waals surface area contributed by atoms with E-state index in [0.29, 0.717) is 12.0 Å². The van der Waals surface area contributed by atoms with E-state index < -0.39 is 11.5 Å². The summed E-state index contributed by atoms with van der Waals surface area (Å²) in [5.41, 5.74) is 1.75. The average molecular weight is 300 g/mol. The minimum atomic E-state index is -0.866. The number of fused-ring (bicyclic) bond motifs is 1. The van der Waals surface area contributed by atoms with Gasteiger partial charge >= 0.3 is 5.97 Å². The summed E-state index contributed by atoms with van der Waals surface area (Å²) >= 11 is 0. The van der Waals surface area contributed by atoms with Crippen LogP contribution in [0.4, 0.5) is 0 Å². The van der Waals surface area contributed by atoms with Gasteiger partial charge in [-0.2, -0.15) is 0 Å². The predicted molar refractivity (Wildman–Crippen MR) is 84.9 cm³/mol. The molecule has 5 nitrogen and oxygen atoms in total. The Morgan fingerprint density at radius 2 is 1.95 bits per heavy atom. The summed E-state index contributed by atoms with van der Waals surface area (Å²) in [4.78, 5) is 27.4. The van der Waals surface area contributed by atoms with E-state index in [2.05, 4.69) is 10.3 Å². The molecule has 2 rings (SSSR count).